The van der Waals surface area contributed by atoms with Gasteiger partial charge in [-0.2, -0.15) is 5.26 Å². The molecule has 1 atom stereocenters. The van der Waals surface area contributed by atoms with Crippen LogP contribution in [0.5, 0.6) is 5.75 Å². The van der Waals surface area contributed by atoms with E-state index >= 15 is 0 Å². The van der Waals surface area contributed by atoms with Crippen molar-refractivity contribution in [2.24, 2.45) is 0 Å². The summed E-state index contributed by atoms with van der Waals surface area (Å²) in [6, 6.07) is 9.59. The molecule has 0 aliphatic carbocycles. The van der Waals surface area contributed by atoms with Crippen LogP contribution in [0.15, 0.2) is 24.3 Å². The molecule has 1 aliphatic rings. The van der Waals surface area contributed by atoms with Gasteiger partial charge < -0.3 is 9.47 Å². The van der Waals surface area contributed by atoms with Crippen LogP contribution in [-0.2, 0) is 4.74 Å². The first kappa shape index (κ1) is 14.8. The first-order valence-corrected chi connectivity index (χ1v) is 6.91. The lowest BCUT2D eigenvalue weighted by Gasteiger charge is -2.27. The average Bonchev–Trinajstić information content (AvgIpc) is 2.53. The molecule has 2 rings (SSSR count). The van der Waals surface area contributed by atoms with Crippen LogP contribution in [0.2, 0.25) is 0 Å². The van der Waals surface area contributed by atoms with E-state index in [0.29, 0.717) is 0 Å². The molecule has 0 bridgehead atoms. The lowest BCUT2D eigenvalue weighted by molar-refractivity contribution is 0.0383. The van der Waals surface area contributed by atoms with Gasteiger partial charge in [-0.15, -0.1) is 0 Å². The van der Waals surface area contributed by atoms with Crippen LogP contribution in [0.4, 0.5) is 0 Å². The van der Waals surface area contributed by atoms with Crippen molar-refractivity contribution in [3.05, 3.63) is 29.8 Å². The molecular weight excluding hydrogens is 254 g/mol. The Morgan fingerprint density at radius 2 is 2.15 bits per heavy atom. The van der Waals surface area contributed by atoms with E-state index < -0.39 is 0 Å². The number of rotatable bonds is 6. The second-order valence-corrected chi connectivity index (χ2v) is 4.71. The van der Waals surface area contributed by atoms with Gasteiger partial charge in [-0.1, -0.05) is 18.2 Å². The Bertz CT molecular complexity index is 453. The predicted molar refractivity (Wildman–Crippen MR) is 76.6 cm³/mol. The van der Waals surface area contributed by atoms with Gasteiger partial charge in [0.25, 0.3) is 0 Å². The van der Waals surface area contributed by atoms with Crippen LogP contribution in [0.25, 0.3) is 0 Å². The summed E-state index contributed by atoms with van der Waals surface area (Å²) in [6.45, 7) is 5.23. The Hall–Kier alpha value is -1.61. The highest BCUT2D eigenvalue weighted by Crippen LogP contribution is 2.24. The van der Waals surface area contributed by atoms with Gasteiger partial charge in [-0.3, -0.25) is 10.2 Å². The van der Waals surface area contributed by atoms with E-state index in [9.17, 15) is 5.26 Å². The third-order valence-electron chi connectivity index (χ3n) is 3.46. The van der Waals surface area contributed by atoms with Crippen molar-refractivity contribution in [1.29, 1.82) is 5.26 Å². The topological polar surface area (TPSA) is 57.5 Å². The zero-order valence-electron chi connectivity index (χ0n) is 11.8. The summed E-state index contributed by atoms with van der Waals surface area (Å²) in [7, 11) is 1.63. The molecule has 1 saturated heterocycles. The molecule has 1 unspecified atom stereocenters. The number of benzene rings is 1. The fourth-order valence-corrected chi connectivity index (χ4v) is 2.32. The van der Waals surface area contributed by atoms with E-state index in [0.717, 1.165) is 50.7 Å². The normalized spacial score (nSPS) is 17.4. The third-order valence-corrected chi connectivity index (χ3v) is 3.46. The second kappa shape index (κ2) is 7.85. The molecule has 5 heteroatoms. The summed E-state index contributed by atoms with van der Waals surface area (Å²) >= 11 is 0. The maximum absolute atomic E-state index is 9.33. The van der Waals surface area contributed by atoms with Gasteiger partial charge >= 0.3 is 0 Å². The standard InChI is InChI=1S/C15H21N3O2/c1-19-15-5-3-2-4-13(15)14(12-16)17-6-7-18-8-10-20-11-9-18/h2-5,14,17H,6-11H2,1H3. The minimum absolute atomic E-state index is 0.341. The van der Waals surface area contributed by atoms with Crippen molar-refractivity contribution in [2.75, 3.05) is 46.5 Å². The van der Waals surface area contributed by atoms with Gasteiger partial charge in [0.1, 0.15) is 11.8 Å². The molecule has 1 aromatic rings. The van der Waals surface area contributed by atoms with Gasteiger partial charge in [0.2, 0.25) is 0 Å². The zero-order valence-corrected chi connectivity index (χ0v) is 11.8. The number of nitrogens with one attached hydrogen (secondary N) is 1. The van der Waals surface area contributed by atoms with Crippen LogP contribution >= 0.6 is 0 Å². The van der Waals surface area contributed by atoms with Crippen LogP contribution in [0, 0.1) is 11.3 Å². The van der Waals surface area contributed by atoms with Gasteiger partial charge in [0.05, 0.1) is 26.4 Å². The van der Waals surface area contributed by atoms with E-state index in [4.69, 9.17) is 9.47 Å². The molecular formula is C15H21N3O2. The van der Waals surface area contributed by atoms with Crippen LogP contribution in [0.1, 0.15) is 11.6 Å². The van der Waals surface area contributed by atoms with Gasteiger partial charge in [0.15, 0.2) is 0 Å². The van der Waals surface area contributed by atoms with Crippen molar-refractivity contribution in [1.82, 2.24) is 10.2 Å². The molecule has 5 nitrogen and oxygen atoms in total. The highest BCUT2D eigenvalue weighted by Gasteiger charge is 2.15. The monoisotopic (exact) mass is 275 g/mol. The van der Waals surface area contributed by atoms with Crippen molar-refractivity contribution < 1.29 is 9.47 Å². The molecule has 0 amide bonds. The fourth-order valence-electron chi connectivity index (χ4n) is 2.32. The number of hydrogen-bond acceptors (Lipinski definition) is 5. The Morgan fingerprint density at radius 3 is 2.85 bits per heavy atom. The molecule has 1 fully saturated rings. The molecule has 20 heavy (non-hydrogen) atoms. The van der Waals surface area contributed by atoms with Crippen LogP contribution in [-0.4, -0.2) is 51.4 Å². The van der Waals surface area contributed by atoms with Crippen LogP contribution in [0.3, 0.4) is 0 Å². The van der Waals surface area contributed by atoms with E-state index in [1.54, 1.807) is 7.11 Å². The second-order valence-electron chi connectivity index (χ2n) is 4.71. The van der Waals surface area contributed by atoms with Gasteiger partial charge in [0, 0.05) is 31.7 Å². The highest BCUT2D eigenvalue weighted by atomic mass is 16.5. The lowest BCUT2D eigenvalue weighted by atomic mass is 10.1. The minimum Gasteiger partial charge on any atom is -0.496 e. The zero-order chi connectivity index (χ0) is 14.2. The number of morpholine rings is 1. The van der Waals surface area contributed by atoms with Gasteiger partial charge in [-0.05, 0) is 6.07 Å². The summed E-state index contributed by atoms with van der Waals surface area (Å²) in [5, 5.41) is 12.6. The van der Waals surface area contributed by atoms with Crippen molar-refractivity contribution >= 4 is 0 Å². The molecule has 0 radical (unpaired) electrons. The summed E-state index contributed by atoms with van der Waals surface area (Å²) in [4.78, 5) is 2.34. The van der Waals surface area contributed by atoms with Crippen molar-refractivity contribution in [3.63, 3.8) is 0 Å². The molecule has 108 valence electrons. The summed E-state index contributed by atoms with van der Waals surface area (Å²) in [6.07, 6.45) is 0. The first-order valence-electron chi connectivity index (χ1n) is 6.91. The Kier molecular flexibility index (Phi) is 5.81. The maximum atomic E-state index is 9.33. The number of nitrogens with zero attached hydrogens (tertiary/aromatic N) is 2. The molecule has 0 aromatic heterocycles. The fraction of sp³-hybridized carbons (Fsp3) is 0.533. The third kappa shape index (κ3) is 3.94. The Morgan fingerprint density at radius 1 is 1.40 bits per heavy atom. The van der Waals surface area contributed by atoms with Crippen molar-refractivity contribution in [3.8, 4) is 11.8 Å². The summed E-state index contributed by atoms with van der Waals surface area (Å²) < 4.78 is 10.6. The highest BCUT2D eigenvalue weighted by molar-refractivity contribution is 5.38. The predicted octanol–water partition coefficient (Wildman–Crippen LogP) is 1.18. The van der Waals surface area contributed by atoms with Gasteiger partial charge in [-0.25, -0.2) is 0 Å². The maximum Gasteiger partial charge on any atom is 0.124 e. The molecule has 1 aromatic carbocycles. The average molecular weight is 275 g/mol. The minimum atomic E-state index is -0.341. The molecule has 0 saturated carbocycles. The van der Waals surface area contributed by atoms with E-state index in [1.807, 2.05) is 24.3 Å². The van der Waals surface area contributed by atoms with Crippen molar-refractivity contribution in [2.45, 2.75) is 6.04 Å². The molecule has 1 aliphatic heterocycles. The Labute approximate surface area is 120 Å². The molecule has 0 spiro atoms. The SMILES string of the molecule is COc1ccccc1C(C#N)NCCN1CCOCC1. The quantitative estimate of drug-likeness (QED) is 0.845. The largest absolute Gasteiger partial charge is 0.496 e. The number of nitriles is 1. The van der Waals surface area contributed by atoms with E-state index in [-0.39, 0.29) is 6.04 Å². The Balaban J connectivity index is 1.87. The number of para-hydroxylation sites is 1. The first-order chi connectivity index (χ1) is 9.85. The molecule has 1 heterocycles. The van der Waals surface area contributed by atoms with E-state index in [2.05, 4.69) is 16.3 Å². The molecule has 1 N–H and O–H groups in total. The number of hydrogen-bond donors (Lipinski definition) is 1. The van der Waals surface area contributed by atoms with E-state index in [1.165, 1.54) is 0 Å². The van der Waals surface area contributed by atoms with Crippen LogP contribution < -0.4 is 10.1 Å². The lowest BCUT2D eigenvalue weighted by Crippen LogP contribution is -2.40. The number of ether oxygens (including phenoxy) is 2. The summed E-state index contributed by atoms with van der Waals surface area (Å²) in [5.74, 6) is 0.748. The summed E-state index contributed by atoms with van der Waals surface area (Å²) in [5.41, 5.74) is 0.888. The smallest absolute Gasteiger partial charge is 0.124 e. The number of methoxy groups -OCH3 is 1.